The summed E-state index contributed by atoms with van der Waals surface area (Å²) in [4.78, 5) is 32.1. The number of nitrogens with one attached hydrogen (secondary N) is 1. The van der Waals surface area contributed by atoms with Crippen molar-refractivity contribution < 1.29 is 9.59 Å². The van der Waals surface area contributed by atoms with Crippen LogP contribution in [0.1, 0.15) is 66.2 Å². The van der Waals surface area contributed by atoms with Gasteiger partial charge in [-0.25, -0.2) is 0 Å². The summed E-state index contributed by atoms with van der Waals surface area (Å²) in [5.41, 5.74) is 0. The van der Waals surface area contributed by atoms with Crippen LogP contribution in [0.15, 0.2) is 0 Å². The molecule has 2 amide bonds. The van der Waals surface area contributed by atoms with Crippen LogP contribution in [0, 0.1) is 11.8 Å². The lowest BCUT2D eigenvalue weighted by Gasteiger charge is -2.40. The molecule has 2 aliphatic heterocycles. The van der Waals surface area contributed by atoms with Gasteiger partial charge in [-0.2, -0.15) is 0 Å². The van der Waals surface area contributed by atoms with Crippen molar-refractivity contribution in [1.82, 2.24) is 20.0 Å². The number of nitrogens with zero attached hydrogens (tertiary/aromatic N) is 3. The van der Waals surface area contributed by atoms with E-state index in [9.17, 15) is 9.59 Å². The van der Waals surface area contributed by atoms with E-state index >= 15 is 0 Å². The van der Waals surface area contributed by atoms with Gasteiger partial charge in [-0.3, -0.25) is 19.4 Å². The highest BCUT2D eigenvalue weighted by molar-refractivity contribution is 5.81. The number of amides is 2. The minimum Gasteiger partial charge on any atom is -0.352 e. The van der Waals surface area contributed by atoms with Crippen molar-refractivity contribution >= 4 is 11.8 Å². The third-order valence-electron chi connectivity index (χ3n) is 7.85. The number of piperazine rings is 1. The second-order valence-electron chi connectivity index (χ2n) is 9.80. The van der Waals surface area contributed by atoms with Gasteiger partial charge in [0, 0.05) is 44.8 Å². The van der Waals surface area contributed by atoms with E-state index in [0.717, 1.165) is 52.0 Å². The number of likely N-dealkylation sites (tertiary alicyclic amines) is 1. The van der Waals surface area contributed by atoms with E-state index in [1.54, 1.807) is 0 Å². The molecule has 5 atom stereocenters. The zero-order valence-electron chi connectivity index (χ0n) is 19.0. The molecule has 166 valence electrons. The highest BCUT2D eigenvalue weighted by Crippen LogP contribution is 2.29. The van der Waals surface area contributed by atoms with Crippen LogP contribution in [-0.2, 0) is 9.59 Å². The van der Waals surface area contributed by atoms with Crippen LogP contribution in [-0.4, -0.2) is 83.9 Å². The summed E-state index contributed by atoms with van der Waals surface area (Å²) in [6.07, 6.45) is 7.10. The summed E-state index contributed by atoms with van der Waals surface area (Å²) in [7, 11) is 0. The number of rotatable bonds is 5. The fourth-order valence-electron chi connectivity index (χ4n) is 5.31. The van der Waals surface area contributed by atoms with E-state index in [1.165, 1.54) is 19.3 Å². The van der Waals surface area contributed by atoms with Gasteiger partial charge in [0.25, 0.3) is 0 Å². The molecule has 0 bridgehead atoms. The number of carbonyl (C=O) groups is 2. The first kappa shape index (κ1) is 22.5. The van der Waals surface area contributed by atoms with Gasteiger partial charge in [0.2, 0.25) is 11.8 Å². The van der Waals surface area contributed by atoms with E-state index < -0.39 is 0 Å². The van der Waals surface area contributed by atoms with E-state index in [4.69, 9.17) is 0 Å². The third-order valence-corrected chi connectivity index (χ3v) is 7.85. The van der Waals surface area contributed by atoms with E-state index in [0.29, 0.717) is 30.5 Å². The van der Waals surface area contributed by atoms with Gasteiger partial charge in [0.1, 0.15) is 0 Å². The minimum atomic E-state index is -0.0978. The molecule has 3 rings (SSSR count). The molecule has 0 aromatic heterocycles. The van der Waals surface area contributed by atoms with Gasteiger partial charge < -0.3 is 10.2 Å². The molecule has 1 aliphatic carbocycles. The van der Waals surface area contributed by atoms with Crippen molar-refractivity contribution in [3.05, 3.63) is 0 Å². The average molecular weight is 407 g/mol. The van der Waals surface area contributed by atoms with Crippen molar-refractivity contribution in [3.8, 4) is 0 Å². The Morgan fingerprint density at radius 3 is 2.34 bits per heavy atom. The SMILES string of the molecule is CC1CCCC(NC(=O)C(C)N2CCN(CC(=O)N3CCCCC3C)CC2)C1C. The first-order chi connectivity index (χ1) is 13.9. The smallest absolute Gasteiger partial charge is 0.237 e. The zero-order chi connectivity index (χ0) is 21.0. The fraction of sp³-hybridized carbons (Fsp3) is 0.913. The van der Waals surface area contributed by atoms with Crippen molar-refractivity contribution in [2.24, 2.45) is 11.8 Å². The Morgan fingerprint density at radius 1 is 0.931 bits per heavy atom. The second-order valence-corrected chi connectivity index (χ2v) is 9.80. The lowest BCUT2D eigenvalue weighted by Crippen LogP contribution is -2.57. The second kappa shape index (κ2) is 10.3. The Morgan fingerprint density at radius 2 is 1.66 bits per heavy atom. The van der Waals surface area contributed by atoms with Crippen LogP contribution < -0.4 is 5.32 Å². The maximum atomic E-state index is 12.8. The molecular formula is C23H42N4O2. The molecule has 5 unspecified atom stereocenters. The molecule has 0 aromatic carbocycles. The van der Waals surface area contributed by atoms with Gasteiger partial charge in [0.15, 0.2) is 0 Å². The largest absolute Gasteiger partial charge is 0.352 e. The molecule has 3 fully saturated rings. The zero-order valence-corrected chi connectivity index (χ0v) is 19.0. The predicted octanol–water partition coefficient (Wildman–Crippen LogP) is 2.33. The monoisotopic (exact) mass is 406 g/mol. The quantitative estimate of drug-likeness (QED) is 0.761. The number of hydrogen-bond acceptors (Lipinski definition) is 4. The average Bonchev–Trinajstić information content (AvgIpc) is 2.71. The molecule has 1 saturated carbocycles. The molecule has 6 heteroatoms. The molecular weight excluding hydrogens is 364 g/mol. The Balaban J connectivity index is 1.42. The molecule has 3 aliphatic rings. The topological polar surface area (TPSA) is 55.9 Å². The van der Waals surface area contributed by atoms with Gasteiger partial charge in [0.05, 0.1) is 12.6 Å². The van der Waals surface area contributed by atoms with Crippen molar-refractivity contribution in [3.63, 3.8) is 0 Å². The lowest BCUT2D eigenvalue weighted by molar-refractivity contribution is -0.137. The summed E-state index contributed by atoms with van der Waals surface area (Å²) in [6, 6.07) is 0.602. The molecule has 0 spiro atoms. The third kappa shape index (κ3) is 5.72. The predicted molar refractivity (Wildman–Crippen MR) is 117 cm³/mol. The summed E-state index contributed by atoms with van der Waals surface area (Å²) in [6.45, 7) is 13.7. The summed E-state index contributed by atoms with van der Waals surface area (Å²) in [5.74, 6) is 1.69. The fourth-order valence-corrected chi connectivity index (χ4v) is 5.31. The highest BCUT2D eigenvalue weighted by atomic mass is 16.2. The van der Waals surface area contributed by atoms with Gasteiger partial charge >= 0.3 is 0 Å². The molecule has 6 nitrogen and oxygen atoms in total. The minimum absolute atomic E-state index is 0.0978. The standard InChI is InChI=1S/C23H42N4O2/c1-17-8-7-10-21(19(17)3)24-23(29)20(4)26-14-12-25(13-15-26)16-22(28)27-11-6-5-9-18(27)2/h17-21H,5-16H2,1-4H3,(H,24,29). The Hall–Kier alpha value is -1.14. The van der Waals surface area contributed by atoms with Gasteiger partial charge in [-0.05, 0) is 51.4 Å². The van der Waals surface area contributed by atoms with E-state index in [1.807, 2.05) is 6.92 Å². The van der Waals surface area contributed by atoms with Crippen molar-refractivity contribution in [2.75, 3.05) is 39.3 Å². The maximum Gasteiger partial charge on any atom is 0.237 e. The van der Waals surface area contributed by atoms with Gasteiger partial charge in [-0.15, -0.1) is 0 Å². The van der Waals surface area contributed by atoms with Gasteiger partial charge in [-0.1, -0.05) is 26.7 Å². The van der Waals surface area contributed by atoms with Crippen LogP contribution in [0.5, 0.6) is 0 Å². The molecule has 2 saturated heterocycles. The van der Waals surface area contributed by atoms with E-state index in [-0.39, 0.29) is 17.9 Å². The summed E-state index contributed by atoms with van der Waals surface area (Å²) in [5, 5.41) is 3.33. The summed E-state index contributed by atoms with van der Waals surface area (Å²) >= 11 is 0. The van der Waals surface area contributed by atoms with Crippen LogP contribution in [0.25, 0.3) is 0 Å². The van der Waals surface area contributed by atoms with E-state index in [2.05, 4.69) is 40.8 Å². The number of hydrogen-bond donors (Lipinski definition) is 1. The van der Waals surface area contributed by atoms with Crippen LogP contribution >= 0.6 is 0 Å². The summed E-state index contributed by atoms with van der Waals surface area (Å²) < 4.78 is 0. The normalized spacial score (nSPS) is 33.3. The highest BCUT2D eigenvalue weighted by Gasteiger charge is 2.32. The molecule has 0 radical (unpaired) electrons. The Kier molecular flexibility index (Phi) is 7.97. The first-order valence-electron chi connectivity index (χ1n) is 11.9. The van der Waals surface area contributed by atoms with Crippen molar-refractivity contribution in [2.45, 2.75) is 84.3 Å². The Labute approximate surface area is 177 Å². The first-order valence-corrected chi connectivity index (χ1v) is 11.9. The lowest BCUT2D eigenvalue weighted by atomic mass is 9.78. The number of piperidine rings is 1. The maximum absolute atomic E-state index is 12.8. The van der Waals surface area contributed by atoms with Crippen LogP contribution in [0.2, 0.25) is 0 Å². The van der Waals surface area contributed by atoms with Crippen molar-refractivity contribution in [1.29, 1.82) is 0 Å². The van der Waals surface area contributed by atoms with Crippen LogP contribution in [0.4, 0.5) is 0 Å². The molecule has 1 N–H and O–H groups in total. The molecule has 29 heavy (non-hydrogen) atoms. The molecule has 2 heterocycles. The molecule has 0 aromatic rings. The van der Waals surface area contributed by atoms with Crippen LogP contribution in [0.3, 0.4) is 0 Å². The number of carbonyl (C=O) groups excluding carboxylic acids is 2. The Bertz CT molecular complexity index is 561.